The van der Waals surface area contributed by atoms with Crippen LogP contribution in [0.5, 0.6) is 0 Å². The molecule has 6 nitrogen and oxygen atoms in total. The molecule has 0 bridgehead atoms. The number of aryl methyl sites for hydroxylation is 1. The highest BCUT2D eigenvalue weighted by Crippen LogP contribution is 2.30. The molecular formula is C18H23FN4O2S. The Morgan fingerprint density at radius 2 is 2.00 bits per heavy atom. The lowest BCUT2D eigenvalue weighted by molar-refractivity contribution is 0.418. The Kier molecular flexibility index (Phi) is 5.27. The number of nitrogens with zero attached hydrogens (tertiary/aromatic N) is 3. The number of hydrogen-bond donors (Lipinski definition) is 1. The number of aromatic nitrogens is 1. The normalized spacial score (nSPS) is 18.4. The average Bonchev–Trinajstić information content (AvgIpc) is 3.05. The molecule has 0 amide bonds. The molecule has 0 aliphatic carbocycles. The van der Waals surface area contributed by atoms with Crippen molar-refractivity contribution in [1.29, 1.82) is 0 Å². The maximum absolute atomic E-state index is 13.4. The highest BCUT2D eigenvalue weighted by Gasteiger charge is 2.34. The van der Waals surface area contributed by atoms with E-state index in [4.69, 9.17) is 0 Å². The fourth-order valence-electron chi connectivity index (χ4n) is 3.12. The molecule has 1 fully saturated rings. The standard InChI is InChI=1S/C18H23FN4O2S/c1-13-9-17(21-16-6-4-5-15(19)10-16)11-18(20-13)14-7-8-23(12-14)26(24,25)22(2)3/h4-6,9-11,14H,7-8,12H2,1-3H3,(H,20,21)/t14-/m0/s1. The Balaban J connectivity index is 1.80. The van der Waals surface area contributed by atoms with Gasteiger partial charge in [-0.3, -0.25) is 4.98 Å². The van der Waals surface area contributed by atoms with Crippen LogP contribution in [0.4, 0.5) is 15.8 Å². The van der Waals surface area contributed by atoms with Crippen molar-refractivity contribution in [3.63, 3.8) is 0 Å². The predicted molar refractivity (Wildman–Crippen MR) is 100 cm³/mol. The number of anilines is 2. The van der Waals surface area contributed by atoms with E-state index < -0.39 is 10.2 Å². The fourth-order valence-corrected chi connectivity index (χ4v) is 4.28. The van der Waals surface area contributed by atoms with E-state index in [1.165, 1.54) is 34.8 Å². The van der Waals surface area contributed by atoms with Crippen LogP contribution in [0.3, 0.4) is 0 Å². The van der Waals surface area contributed by atoms with Gasteiger partial charge in [0.05, 0.1) is 0 Å². The molecule has 3 rings (SSSR count). The number of rotatable bonds is 5. The zero-order valence-electron chi connectivity index (χ0n) is 15.1. The van der Waals surface area contributed by atoms with Crippen molar-refractivity contribution in [1.82, 2.24) is 13.6 Å². The summed E-state index contributed by atoms with van der Waals surface area (Å²) in [5.74, 6) is -0.265. The van der Waals surface area contributed by atoms with E-state index in [1.807, 2.05) is 19.1 Å². The molecule has 1 aromatic carbocycles. The second kappa shape index (κ2) is 7.30. The van der Waals surface area contributed by atoms with E-state index in [0.717, 1.165) is 23.5 Å². The lowest BCUT2D eigenvalue weighted by Crippen LogP contribution is -2.38. The summed E-state index contributed by atoms with van der Waals surface area (Å²) in [6.45, 7) is 2.79. The van der Waals surface area contributed by atoms with Gasteiger partial charge in [-0.2, -0.15) is 17.0 Å². The third kappa shape index (κ3) is 4.03. The Bertz CT molecular complexity index is 902. The van der Waals surface area contributed by atoms with E-state index in [0.29, 0.717) is 18.8 Å². The molecular weight excluding hydrogens is 355 g/mol. The Labute approximate surface area is 153 Å². The zero-order chi connectivity index (χ0) is 18.9. The van der Waals surface area contributed by atoms with Gasteiger partial charge in [0.1, 0.15) is 5.82 Å². The zero-order valence-corrected chi connectivity index (χ0v) is 15.9. The van der Waals surface area contributed by atoms with E-state index in [1.54, 1.807) is 12.1 Å². The molecule has 1 saturated heterocycles. The Hall–Kier alpha value is -2.03. The SMILES string of the molecule is Cc1cc(Nc2cccc(F)c2)cc([C@H]2CCN(S(=O)(=O)N(C)C)C2)n1. The van der Waals surface area contributed by atoms with Gasteiger partial charge >= 0.3 is 0 Å². The van der Waals surface area contributed by atoms with Crippen molar-refractivity contribution in [3.05, 3.63) is 53.6 Å². The Morgan fingerprint density at radius 1 is 1.23 bits per heavy atom. The maximum atomic E-state index is 13.4. The van der Waals surface area contributed by atoms with Gasteiger partial charge in [0.2, 0.25) is 0 Å². The first kappa shape index (κ1) is 18.8. The van der Waals surface area contributed by atoms with E-state index in [-0.39, 0.29) is 11.7 Å². The minimum absolute atomic E-state index is 0.0395. The van der Waals surface area contributed by atoms with Crippen LogP contribution < -0.4 is 5.32 Å². The summed E-state index contributed by atoms with van der Waals surface area (Å²) >= 11 is 0. The molecule has 1 aromatic heterocycles. The topological polar surface area (TPSA) is 65.5 Å². The lowest BCUT2D eigenvalue weighted by Gasteiger charge is -2.21. The van der Waals surface area contributed by atoms with Crippen LogP contribution in [0.2, 0.25) is 0 Å². The number of halogens is 1. The van der Waals surface area contributed by atoms with Crippen LogP contribution in [0.25, 0.3) is 0 Å². The number of benzene rings is 1. The van der Waals surface area contributed by atoms with Gasteiger partial charge < -0.3 is 5.32 Å². The first-order chi connectivity index (χ1) is 12.3. The highest BCUT2D eigenvalue weighted by atomic mass is 32.2. The molecule has 0 spiro atoms. The molecule has 1 aliphatic rings. The first-order valence-electron chi connectivity index (χ1n) is 8.44. The summed E-state index contributed by atoms with van der Waals surface area (Å²) in [4.78, 5) is 4.59. The summed E-state index contributed by atoms with van der Waals surface area (Å²) in [5, 5.41) is 3.19. The van der Waals surface area contributed by atoms with Crippen LogP contribution >= 0.6 is 0 Å². The molecule has 1 N–H and O–H groups in total. The molecule has 0 saturated carbocycles. The van der Waals surface area contributed by atoms with Crippen LogP contribution in [-0.2, 0) is 10.2 Å². The van der Waals surface area contributed by atoms with Gasteiger partial charge in [-0.25, -0.2) is 4.39 Å². The van der Waals surface area contributed by atoms with Crippen molar-refractivity contribution in [2.24, 2.45) is 0 Å². The van der Waals surface area contributed by atoms with Gasteiger partial charge in [-0.15, -0.1) is 0 Å². The van der Waals surface area contributed by atoms with Crippen molar-refractivity contribution in [2.45, 2.75) is 19.3 Å². The average molecular weight is 378 g/mol. The molecule has 2 aromatic rings. The van der Waals surface area contributed by atoms with E-state index in [9.17, 15) is 12.8 Å². The van der Waals surface area contributed by atoms with Gasteiger partial charge in [0.25, 0.3) is 10.2 Å². The van der Waals surface area contributed by atoms with Crippen LogP contribution in [0.1, 0.15) is 23.7 Å². The van der Waals surface area contributed by atoms with Crippen molar-refractivity contribution >= 4 is 21.6 Å². The van der Waals surface area contributed by atoms with Crippen LogP contribution in [0.15, 0.2) is 36.4 Å². The van der Waals surface area contributed by atoms with E-state index in [2.05, 4.69) is 10.3 Å². The summed E-state index contributed by atoms with van der Waals surface area (Å²) in [6.07, 6.45) is 0.725. The molecule has 2 heterocycles. The molecule has 140 valence electrons. The first-order valence-corrected chi connectivity index (χ1v) is 9.84. The second-order valence-electron chi connectivity index (χ2n) is 6.69. The van der Waals surface area contributed by atoms with Gasteiger partial charge in [-0.05, 0) is 43.7 Å². The highest BCUT2D eigenvalue weighted by molar-refractivity contribution is 7.86. The van der Waals surface area contributed by atoms with Crippen molar-refractivity contribution in [2.75, 3.05) is 32.5 Å². The molecule has 0 radical (unpaired) electrons. The second-order valence-corrected chi connectivity index (χ2v) is 8.83. The van der Waals surface area contributed by atoms with Crippen LogP contribution in [-0.4, -0.2) is 49.2 Å². The molecule has 1 atom stereocenters. The Morgan fingerprint density at radius 3 is 2.69 bits per heavy atom. The third-order valence-corrected chi connectivity index (χ3v) is 6.35. The van der Waals surface area contributed by atoms with Gasteiger partial charge in [-0.1, -0.05) is 6.07 Å². The molecule has 26 heavy (non-hydrogen) atoms. The predicted octanol–water partition coefficient (Wildman–Crippen LogP) is 2.87. The van der Waals surface area contributed by atoms with E-state index >= 15 is 0 Å². The monoisotopic (exact) mass is 378 g/mol. The number of nitrogens with one attached hydrogen (secondary N) is 1. The minimum Gasteiger partial charge on any atom is -0.355 e. The van der Waals surface area contributed by atoms with Crippen molar-refractivity contribution < 1.29 is 12.8 Å². The summed E-state index contributed by atoms with van der Waals surface area (Å²) in [7, 11) is -0.337. The quantitative estimate of drug-likeness (QED) is 0.869. The van der Waals surface area contributed by atoms with Crippen LogP contribution in [0, 0.1) is 12.7 Å². The lowest BCUT2D eigenvalue weighted by atomic mass is 10.0. The third-order valence-electron chi connectivity index (χ3n) is 4.44. The minimum atomic E-state index is -3.41. The number of pyridine rings is 1. The van der Waals surface area contributed by atoms with Gasteiger partial charge in [0.15, 0.2) is 0 Å². The summed E-state index contributed by atoms with van der Waals surface area (Å²) in [5.41, 5.74) is 3.15. The maximum Gasteiger partial charge on any atom is 0.281 e. The smallest absolute Gasteiger partial charge is 0.281 e. The molecule has 8 heteroatoms. The number of hydrogen-bond acceptors (Lipinski definition) is 4. The molecule has 1 aliphatic heterocycles. The summed E-state index contributed by atoms with van der Waals surface area (Å²) in [6, 6.07) is 10.1. The summed E-state index contributed by atoms with van der Waals surface area (Å²) < 4.78 is 40.7. The van der Waals surface area contributed by atoms with Crippen molar-refractivity contribution in [3.8, 4) is 0 Å². The van der Waals surface area contributed by atoms with Gasteiger partial charge in [0, 0.05) is 55.9 Å². The largest absolute Gasteiger partial charge is 0.355 e. The molecule has 0 unspecified atom stereocenters. The fraction of sp³-hybridized carbons (Fsp3) is 0.389.